The van der Waals surface area contributed by atoms with Crippen LogP contribution in [0.25, 0.3) is 11.1 Å². The highest BCUT2D eigenvalue weighted by molar-refractivity contribution is 6.06. The smallest absolute Gasteiger partial charge is 0.259 e. The molecule has 0 saturated heterocycles. The minimum absolute atomic E-state index is 0.122. The van der Waals surface area contributed by atoms with Crippen LogP contribution in [0.15, 0.2) is 42.5 Å². The van der Waals surface area contributed by atoms with E-state index < -0.39 is 11.7 Å². The molecule has 0 aliphatic carbocycles. The van der Waals surface area contributed by atoms with E-state index >= 15 is 0 Å². The summed E-state index contributed by atoms with van der Waals surface area (Å²) in [5, 5.41) is 18.1. The fraction of sp³-hybridized carbons (Fsp3) is 0.0556. The van der Waals surface area contributed by atoms with Crippen LogP contribution in [0.4, 0.5) is 14.6 Å². The highest BCUT2D eigenvalue weighted by atomic mass is 19.1. The molecule has 3 aromatic rings. The maximum atomic E-state index is 14.0. The number of carbonyl (C=O) groups excluding carboxylic acids is 1. The van der Waals surface area contributed by atoms with E-state index in [2.05, 4.69) is 15.5 Å². The average molecular weight is 338 g/mol. The summed E-state index contributed by atoms with van der Waals surface area (Å²) < 4.78 is 27.1. The van der Waals surface area contributed by atoms with Crippen molar-refractivity contribution in [2.75, 3.05) is 5.32 Å². The zero-order valence-corrected chi connectivity index (χ0v) is 13.1. The molecule has 5 nitrogen and oxygen atoms in total. The number of nitrogens with zero attached hydrogens (tertiary/aromatic N) is 2. The molecule has 2 N–H and O–H groups in total. The van der Waals surface area contributed by atoms with E-state index in [-0.39, 0.29) is 22.8 Å². The van der Waals surface area contributed by atoms with E-state index in [4.69, 9.17) is 5.26 Å². The van der Waals surface area contributed by atoms with Crippen molar-refractivity contribution < 1.29 is 13.6 Å². The first-order chi connectivity index (χ1) is 12.0. The van der Waals surface area contributed by atoms with Gasteiger partial charge in [0.15, 0.2) is 5.82 Å². The molecule has 0 bridgehead atoms. The Morgan fingerprint density at radius 1 is 1.20 bits per heavy atom. The van der Waals surface area contributed by atoms with Gasteiger partial charge in [0.1, 0.15) is 11.6 Å². The predicted octanol–water partition coefficient (Wildman–Crippen LogP) is 3.79. The van der Waals surface area contributed by atoms with Crippen LogP contribution in [0.5, 0.6) is 0 Å². The Morgan fingerprint density at radius 2 is 1.92 bits per heavy atom. The summed E-state index contributed by atoms with van der Waals surface area (Å²) in [5.74, 6) is -1.67. The first kappa shape index (κ1) is 16.3. The second kappa shape index (κ2) is 6.53. The second-order valence-electron chi connectivity index (χ2n) is 5.34. The third-order valence-electron chi connectivity index (χ3n) is 3.65. The monoisotopic (exact) mass is 338 g/mol. The van der Waals surface area contributed by atoms with Crippen molar-refractivity contribution in [1.29, 1.82) is 5.26 Å². The average Bonchev–Trinajstić information content (AvgIpc) is 2.95. The molecule has 2 aromatic carbocycles. The summed E-state index contributed by atoms with van der Waals surface area (Å²) in [6.45, 7) is 1.75. The predicted molar refractivity (Wildman–Crippen MR) is 87.8 cm³/mol. The number of amides is 1. The largest absolute Gasteiger partial charge is 0.304 e. The number of H-pyrrole nitrogens is 1. The van der Waals surface area contributed by atoms with Crippen molar-refractivity contribution in [3.05, 3.63) is 70.9 Å². The number of nitrogens with one attached hydrogen (secondary N) is 2. The van der Waals surface area contributed by atoms with Crippen molar-refractivity contribution in [3.8, 4) is 17.2 Å². The number of hydrogen-bond acceptors (Lipinski definition) is 3. The van der Waals surface area contributed by atoms with Gasteiger partial charge < -0.3 is 5.32 Å². The standard InChI is InChI=1S/C18H12F2N4O/c1-10-16(12-3-5-13(19)6-4-12)17(24-23-10)22-18(25)14-7-2-11(9-21)8-15(14)20/h2-8H,1H3,(H2,22,23,24,25). The molecule has 0 unspecified atom stereocenters. The lowest BCUT2D eigenvalue weighted by molar-refractivity contribution is 0.102. The van der Waals surface area contributed by atoms with Crippen LogP contribution >= 0.6 is 0 Å². The molecule has 1 heterocycles. The van der Waals surface area contributed by atoms with E-state index in [1.165, 1.54) is 24.3 Å². The molecule has 124 valence electrons. The molecule has 0 fully saturated rings. The molecule has 0 spiro atoms. The number of rotatable bonds is 3. The van der Waals surface area contributed by atoms with E-state index in [9.17, 15) is 13.6 Å². The van der Waals surface area contributed by atoms with E-state index in [0.717, 1.165) is 6.07 Å². The zero-order valence-electron chi connectivity index (χ0n) is 13.1. The SMILES string of the molecule is Cc1[nH]nc(NC(=O)c2ccc(C#N)cc2F)c1-c1ccc(F)cc1. The molecular weight excluding hydrogens is 326 g/mol. The maximum Gasteiger partial charge on any atom is 0.259 e. The number of hydrogen-bond donors (Lipinski definition) is 2. The summed E-state index contributed by atoms with van der Waals surface area (Å²) in [7, 11) is 0. The van der Waals surface area contributed by atoms with Gasteiger partial charge in [-0.3, -0.25) is 9.89 Å². The molecule has 0 atom stereocenters. The van der Waals surface area contributed by atoms with Gasteiger partial charge in [-0.25, -0.2) is 8.78 Å². The summed E-state index contributed by atoms with van der Waals surface area (Å²) in [4.78, 5) is 12.3. The maximum absolute atomic E-state index is 14.0. The molecule has 0 radical (unpaired) electrons. The van der Waals surface area contributed by atoms with Gasteiger partial charge in [-0.2, -0.15) is 10.4 Å². The number of anilines is 1. The van der Waals surface area contributed by atoms with E-state index in [1.54, 1.807) is 25.1 Å². The third kappa shape index (κ3) is 3.23. The van der Waals surface area contributed by atoms with Crippen molar-refractivity contribution in [2.24, 2.45) is 0 Å². The normalized spacial score (nSPS) is 10.3. The number of nitriles is 1. The highest BCUT2D eigenvalue weighted by Gasteiger charge is 2.18. The third-order valence-corrected chi connectivity index (χ3v) is 3.65. The number of carbonyl (C=O) groups is 1. The van der Waals surface area contributed by atoms with Crippen LogP contribution in [0.3, 0.4) is 0 Å². The molecule has 0 saturated carbocycles. The molecule has 25 heavy (non-hydrogen) atoms. The van der Waals surface area contributed by atoms with Crippen molar-refractivity contribution >= 4 is 11.7 Å². The van der Waals surface area contributed by atoms with E-state index in [1.807, 2.05) is 0 Å². The van der Waals surface area contributed by atoms with Crippen molar-refractivity contribution in [3.63, 3.8) is 0 Å². The topological polar surface area (TPSA) is 81.6 Å². The van der Waals surface area contributed by atoms with E-state index in [0.29, 0.717) is 16.8 Å². The first-order valence-corrected chi connectivity index (χ1v) is 7.31. The quantitative estimate of drug-likeness (QED) is 0.762. The van der Waals surface area contributed by atoms with Gasteiger partial charge in [0.2, 0.25) is 0 Å². The Bertz CT molecular complexity index is 987. The fourth-order valence-electron chi connectivity index (χ4n) is 2.43. The van der Waals surface area contributed by atoms with Crippen LogP contribution in [0, 0.1) is 29.9 Å². The molecule has 3 rings (SSSR count). The highest BCUT2D eigenvalue weighted by Crippen LogP contribution is 2.30. The summed E-state index contributed by atoms with van der Waals surface area (Å²) in [6.07, 6.45) is 0. The van der Waals surface area contributed by atoms with Gasteiger partial charge in [-0.15, -0.1) is 0 Å². The Labute approximate surface area is 141 Å². The van der Waals surface area contributed by atoms with Gasteiger partial charge in [0.05, 0.1) is 17.2 Å². The van der Waals surface area contributed by atoms with Gasteiger partial charge in [0, 0.05) is 11.3 Å². The lowest BCUT2D eigenvalue weighted by Crippen LogP contribution is -2.14. The number of aryl methyl sites for hydroxylation is 1. The molecule has 0 aliphatic heterocycles. The fourth-order valence-corrected chi connectivity index (χ4v) is 2.43. The minimum Gasteiger partial charge on any atom is -0.304 e. The number of aromatic amines is 1. The molecular formula is C18H12F2N4O. The number of benzene rings is 2. The first-order valence-electron chi connectivity index (χ1n) is 7.31. The second-order valence-corrected chi connectivity index (χ2v) is 5.34. The van der Waals surface area contributed by atoms with Crippen LogP contribution in [0.1, 0.15) is 21.6 Å². The number of halogens is 2. The molecule has 1 amide bonds. The Morgan fingerprint density at radius 3 is 2.56 bits per heavy atom. The summed E-state index contributed by atoms with van der Waals surface area (Å²) >= 11 is 0. The zero-order chi connectivity index (χ0) is 18.0. The summed E-state index contributed by atoms with van der Waals surface area (Å²) in [5.41, 5.74) is 1.83. The lowest BCUT2D eigenvalue weighted by atomic mass is 10.1. The number of aromatic nitrogens is 2. The molecule has 0 aliphatic rings. The van der Waals surface area contributed by atoms with Gasteiger partial charge in [-0.1, -0.05) is 12.1 Å². The van der Waals surface area contributed by atoms with Crippen molar-refractivity contribution in [1.82, 2.24) is 10.2 Å². The Kier molecular flexibility index (Phi) is 4.27. The van der Waals surface area contributed by atoms with Crippen LogP contribution in [0.2, 0.25) is 0 Å². The van der Waals surface area contributed by atoms with Crippen LogP contribution in [-0.4, -0.2) is 16.1 Å². The molecule has 1 aromatic heterocycles. The van der Waals surface area contributed by atoms with Gasteiger partial charge in [-0.05, 0) is 42.8 Å². The van der Waals surface area contributed by atoms with Crippen LogP contribution in [-0.2, 0) is 0 Å². The molecule has 7 heteroatoms. The Hall–Kier alpha value is -3.53. The Balaban J connectivity index is 1.93. The van der Waals surface area contributed by atoms with Crippen molar-refractivity contribution in [2.45, 2.75) is 6.92 Å². The minimum atomic E-state index is -0.799. The van der Waals surface area contributed by atoms with Crippen LogP contribution < -0.4 is 5.32 Å². The van der Waals surface area contributed by atoms with Gasteiger partial charge in [0.25, 0.3) is 5.91 Å². The van der Waals surface area contributed by atoms with Gasteiger partial charge >= 0.3 is 0 Å². The summed E-state index contributed by atoms with van der Waals surface area (Å²) in [6, 6.07) is 11.1. The lowest BCUT2D eigenvalue weighted by Gasteiger charge is -2.07.